The molecule has 2 amide bonds. The fraction of sp³-hybridized carbons (Fsp3) is 0.750. The van der Waals surface area contributed by atoms with Crippen LogP contribution in [0.2, 0.25) is 0 Å². The van der Waals surface area contributed by atoms with Gasteiger partial charge in [0.25, 0.3) is 0 Å². The van der Waals surface area contributed by atoms with Crippen molar-refractivity contribution in [3.63, 3.8) is 0 Å². The monoisotopic (exact) mass is 220 g/mol. The summed E-state index contributed by atoms with van der Waals surface area (Å²) in [6.07, 6.45) is 0.654. The molecule has 0 saturated carbocycles. The first-order chi connectivity index (χ1) is 6.63. The summed E-state index contributed by atoms with van der Waals surface area (Å²) in [6, 6.07) is -0.0916. The molecule has 1 rings (SSSR count). The molecule has 5 nitrogen and oxygen atoms in total. The van der Waals surface area contributed by atoms with Crippen LogP contribution in [-0.2, 0) is 4.79 Å². The standard InChI is InChI=1S/C8H13ClN2O3/c9-4-7(12)10-6-2-1-3-11(5-6)8(13)14/h6H,1-5H2,(H,10,12)(H,13,14)/t6-/m1/s1. The van der Waals surface area contributed by atoms with Crippen LogP contribution in [0, 0.1) is 0 Å². The van der Waals surface area contributed by atoms with Crippen molar-refractivity contribution in [2.24, 2.45) is 0 Å². The zero-order valence-electron chi connectivity index (χ0n) is 7.70. The Hall–Kier alpha value is -0.970. The fourth-order valence-corrected chi connectivity index (χ4v) is 1.61. The lowest BCUT2D eigenvalue weighted by molar-refractivity contribution is -0.119. The van der Waals surface area contributed by atoms with Crippen molar-refractivity contribution >= 4 is 23.6 Å². The van der Waals surface area contributed by atoms with Crippen LogP contribution in [0.25, 0.3) is 0 Å². The highest BCUT2D eigenvalue weighted by Gasteiger charge is 2.23. The van der Waals surface area contributed by atoms with Crippen LogP contribution in [0.3, 0.4) is 0 Å². The summed E-state index contributed by atoms with van der Waals surface area (Å²) in [7, 11) is 0. The van der Waals surface area contributed by atoms with Crippen molar-refractivity contribution in [3.8, 4) is 0 Å². The van der Waals surface area contributed by atoms with Gasteiger partial charge >= 0.3 is 6.09 Å². The Kier molecular flexibility index (Phi) is 4.00. The number of nitrogens with one attached hydrogen (secondary N) is 1. The smallest absolute Gasteiger partial charge is 0.407 e. The molecule has 1 saturated heterocycles. The van der Waals surface area contributed by atoms with Gasteiger partial charge in [-0.2, -0.15) is 0 Å². The molecule has 0 spiro atoms. The van der Waals surface area contributed by atoms with Crippen LogP contribution in [-0.4, -0.2) is 47.0 Å². The van der Waals surface area contributed by atoms with Gasteiger partial charge in [-0.3, -0.25) is 4.79 Å². The third kappa shape index (κ3) is 3.06. The van der Waals surface area contributed by atoms with Gasteiger partial charge in [0.1, 0.15) is 5.88 Å². The normalized spacial score (nSPS) is 21.8. The molecular formula is C8H13ClN2O3. The Balaban J connectivity index is 2.40. The van der Waals surface area contributed by atoms with Crippen molar-refractivity contribution in [1.29, 1.82) is 0 Å². The topological polar surface area (TPSA) is 69.6 Å². The molecule has 1 heterocycles. The third-order valence-electron chi connectivity index (χ3n) is 2.18. The number of carbonyl (C=O) groups is 2. The van der Waals surface area contributed by atoms with E-state index in [1.165, 1.54) is 4.90 Å². The number of alkyl halides is 1. The zero-order chi connectivity index (χ0) is 10.6. The first-order valence-electron chi connectivity index (χ1n) is 4.46. The average Bonchev–Trinajstić information content (AvgIpc) is 2.18. The van der Waals surface area contributed by atoms with E-state index in [1.807, 2.05) is 0 Å². The van der Waals surface area contributed by atoms with Crippen LogP contribution < -0.4 is 5.32 Å². The number of likely N-dealkylation sites (tertiary alicyclic amines) is 1. The SMILES string of the molecule is O=C(CCl)N[C@@H]1CCCN(C(=O)O)C1. The minimum atomic E-state index is -0.935. The molecule has 1 fully saturated rings. The summed E-state index contributed by atoms with van der Waals surface area (Å²) in [5.74, 6) is -0.326. The molecule has 1 aliphatic heterocycles. The summed E-state index contributed by atoms with van der Waals surface area (Å²) in [4.78, 5) is 22.9. The van der Waals surface area contributed by atoms with Crippen LogP contribution in [0.1, 0.15) is 12.8 Å². The number of hydrogen-bond acceptors (Lipinski definition) is 2. The average molecular weight is 221 g/mol. The highest BCUT2D eigenvalue weighted by molar-refractivity contribution is 6.27. The Bertz CT molecular complexity index is 235. The van der Waals surface area contributed by atoms with Crippen molar-refractivity contribution in [3.05, 3.63) is 0 Å². The van der Waals surface area contributed by atoms with Crippen LogP contribution in [0.5, 0.6) is 0 Å². The lowest BCUT2D eigenvalue weighted by Crippen LogP contribution is -2.49. The molecule has 6 heteroatoms. The largest absolute Gasteiger partial charge is 0.465 e. The van der Waals surface area contributed by atoms with Crippen molar-refractivity contribution in [2.45, 2.75) is 18.9 Å². The number of carbonyl (C=O) groups excluding carboxylic acids is 1. The number of hydrogen-bond donors (Lipinski definition) is 2. The molecule has 1 aliphatic rings. The summed E-state index contributed by atoms with van der Waals surface area (Å²) < 4.78 is 0. The van der Waals surface area contributed by atoms with E-state index in [1.54, 1.807) is 0 Å². The summed E-state index contributed by atoms with van der Waals surface area (Å²) in [6.45, 7) is 0.903. The Labute approximate surface area is 87.0 Å². The lowest BCUT2D eigenvalue weighted by Gasteiger charge is -2.30. The van der Waals surface area contributed by atoms with Gasteiger partial charge in [0, 0.05) is 19.1 Å². The number of halogens is 1. The molecule has 0 radical (unpaired) electrons. The van der Waals surface area contributed by atoms with Crippen LogP contribution >= 0.6 is 11.6 Å². The predicted octanol–water partition coefficient (Wildman–Crippen LogP) is 0.484. The van der Waals surface area contributed by atoms with E-state index < -0.39 is 6.09 Å². The molecule has 0 aromatic rings. The summed E-state index contributed by atoms with van der Waals surface area (Å²) in [5.41, 5.74) is 0. The first-order valence-corrected chi connectivity index (χ1v) is 5.00. The van der Waals surface area contributed by atoms with E-state index >= 15 is 0 Å². The number of nitrogens with zero attached hydrogens (tertiary/aromatic N) is 1. The molecule has 0 unspecified atom stereocenters. The van der Waals surface area contributed by atoms with Crippen molar-refractivity contribution in [1.82, 2.24) is 10.2 Å². The number of amides is 2. The van der Waals surface area contributed by atoms with Crippen molar-refractivity contribution < 1.29 is 14.7 Å². The number of rotatable bonds is 2. The van der Waals surface area contributed by atoms with Gasteiger partial charge in [-0.15, -0.1) is 11.6 Å². The van der Waals surface area contributed by atoms with Gasteiger partial charge in [0.15, 0.2) is 0 Å². The second-order valence-electron chi connectivity index (χ2n) is 3.27. The van der Waals surface area contributed by atoms with Gasteiger partial charge in [-0.25, -0.2) is 4.79 Å². The van der Waals surface area contributed by atoms with Gasteiger partial charge in [-0.05, 0) is 12.8 Å². The van der Waals surface area contributed by atoms with E-state index in [9.17, 15) is 9.59 Å². The van der Waals surface area contributed by atoms with Crippen LogP contribution in [0.4, 0.5) is 4.79 Å². The quantitative estimate of drug-likeness (QED) is 0.666. The molecule has 80 valence electrons. The number of carboxylic acid groups (broad SMARTS) is 1. The van der Waals surface area contributed by atoms with E-state index in [0.29, 0.717) is 13.1 Å². The van der Waals surface area contributed by atoms with Gasteiger partial charge in [0.05, 0.1) is 0 Å². The molecule has 0 aromatic carbocycles. The van der Waals surface area contributed by atoms with Crippen molar-refractivity contribution in [2.75, 3.05) is 19.0 Å². The van der Waals surface area contributed by atoms with E-state index in [0.717, 1.165) is 12.8 Å². The minimum Gasteiger partial charge on any atom is -0.465 e. The van der Waals surface area contributed by atoms with Crippen LogP contribution in [0.15, 0.2) is 0 Å². The van der Waals surface area contributed by atoms with Gasteiger partial charge in [-0.1, -0.05) is 0 Å². The van der Waals surface area contributed by atoms with E-state index in [-0.39, 0.29) is 17.8 Å². The highest BCUT2D eigenvalue weighted by atomic mass is 35.5. The zero-order valence-corrected chi connectivity index (χ0v) is 8.46. The maximum Gasteiger partial charge on any atom is 0.407 e. The van der Waals surface area contributed by atoms with E-state index in [2.05, 4.69) is 5.32 Å². The van der Waals surface area contributed by atoms with Gasteiger partial charge in [0.2, 0.25) is 5.91 Å². The molecule has 2 N–H and O–H groups in total. The molecule has 0 bridgehead atoms. The Morgan fingerprint density at radius 2 is 2.29 bits per heavy atom. The highest BCUT2D eigenvalue weighted by Crippen LogP contribution is 2.09. The molecular weight excluding hydrogens is 208 g/mol. The summed E-state index contributed by atoms with van der Waals surface area (Å²) in [5, 5.41) is 11.4. The predicted molar refractivity (Wildman–Crippen MR) is 51.5 cm³/mol. The first kappa shape index (κ1) is 11.1. The number of piperidine rings is 1. The Morgan fingerprint density at radius 3 is 2.86 bits per heavy atom. The molecule has 14 heavy (non-hydrogen) atoms. The Morgan fingerprint density at radius 1 is 1.57 bits per heavy atom. The van der Waals surface area contributed by atoms with Gasteiger partial charge < -0.3 is 15.3 Å². The minimum absolute atomic E-state index is 0.0798. The summed E-state index contributed by atoms with van der Waals surface area (Å²) >= 11 is 5.33. The lowest BCUT2D eigenvalue weighted by atomic mass is 10.1. The third-order valence-corrected chi connectivity index (χ3v) is 2.42. The van der Waals surface area contributed by atoms with E-state index in [4.69, 9.17) is 16.7 Å². The molecule has 0 aliphatic carbocycles. The maximum atomic E-state index is 10.9. The molecule has 0 aromatic heterocycles. The fourth-order valence-electron chi connectivity index (χ4n) is 1.53. The maximum absolute atomic E-state index is 10.9. The molecule has 1 atom stereocenters. The second kappa shape index (κ2) is 5.05. The second-order valence-corrected chi connectivity index (χ2v) is 3.54.